The molecule has 0 amide bonds. The van der Waals surface area contributed by atoms with Crippen molar-refractivity contribution < 1.29 is 37.9 Å². The molecule has 1 atom stereocenters. The molecule has 0 aromatic rings. The van der Waals surface area contributed by atoms with Crippen molar-refractivity contribution >= 4 is 19.8 Å². The van der Waals surface area contributed by atoms with E-state index < -0.39 is 32.5 Å². The van der Waals surface area contributed by atoms with Gasteiger partial charge in [-0.3, -0.25) is 14.1 Å². The second-order valence-electron chi connectivity index (χ2n) is 10.2. The molecule has 0 aliphatic heterocycles. The van der Waals surface area contributed by atoms with E-state index in [1.165, 1.54) is 109 Å². The fourth-order valence-corrected chi connectivity index (χ4v) is 4.67. The molecule has 0 bridgehead atoms. The van der Waals surface area contributed by atoms with Crippen LogP contribution in [-0.4, -0.2) is 41.0 Å². The molecule has 8 nitrogen and oxygen atoms in total. The van der Waals surface area contributed by atoms with Gasteiger partial charge >= 0.3 is 19.8 Å². The molecule has 0 unspecified atom stereocenters. The van der Waals surface area contributed by atoms with Crippen molar-refractivity contribution in [2.45, 2.75) is 155 Å². The van der Waals surface area contributed by atoms with Crippen LogP contribution in [0.4, 0.5) is 0 Å². The Balaban J connectivity index is 3.45. The van der Waals surface area contributed by atoms with Gasteiger partial charge in [0.05, 0.1) is 6.61 Å². The molecule has 0 saturated heterocycles. The molecular formula is C28H55O8P. The van der Waals surface area contributed by atoms with Crippen LogP contribution in [0.15, 0.2) is 0 Å². The van der Waals surface area contributed by atoms with Gasteiger partial charge in [-0.25, -0.2) is 4.57 Å². The summed E-state index contributed by atoms with van der Waals surface area (Å²) in [6.07, 6.45) is 25.2. The first-order valence-corrected chi connectivity index (χ1v) is 16.3. The third kappa shape index (κ3) is 29.5. The smallest absolute Gasteiger partial charge is 0.462 e. The predicted molar refractivity (Wildman–Crippen MR) is 147 cm³/mol. The molecule has 0 spiro atoms. The van der Waals surface area contributed by atoms with E-state index in [0.717, 1.165) is 26.2 Å². The van der Waals surface area contributed by atoms with Crippen LogP contribution in [0.5, 0.6) is 0 Å². The molecule has 37 heavy (non-hydrogen) atoms. The average molecular weight is 551 g/mol. The fourth-order valence-electron chi connectivity index (χ4n) is 4.31. The Morgan fingerprint density at radius 3 is 1.38 bits per heavy atom. The van der Waals surface area contributed by atoms with Crippen LogP contribution in [0.1, 0.15) is 149 Å². The van der Waals surface area contributed by atoms with Crippen molar-refractivity contribution in [2.75, 3.05) is 13.2 Å². The highest BCUT2D eigenvalue weighted by atomic mass is 31.2. The zero-order chi connectivity index (χ0) is 27.6. The minimum absolute atomic E-state index is 0.269. The lowest BCUT2D eigenvalue weighted by molar-refractivity contribution is -0.159. The summed E-state index contributed by atoms with van der Waals surface area (Å²) in [5, 5.41) is 0. The van der Waals surface area contributed by atoms with E-state index >= 15 is 0 Å². The van der Waals surface area contributed by atoms with Gasteiger partial charge in [-0.1, -0.05) is 129 Å². The summed E-state index contributed by atoms with van der Waals surface area (Å²) < 4.78 is 25.0. The van der Waals surface area contributed by atoms with Gasteiger partial charge in [0.25, 0.3) is 0 Å². The van der Waals surface area contributed by atoms with E-state index in [9.17, 15) is 14.2 Å². The van der Waals surface area contributed by atoms with E-state index in [0.29, 0.717) is 0 Å². The molecule has 0 heterocycles. The van der Waals surface area contributed by atoms with Crippen molar-refractivity contribution in [3.05, 3.63) is 0 Å². The Morgan fingerprint density at radius 1 is 0.649 bits per heavy atom. The second-order valence-corrected chi connectivity index (χ2v) is 11.4. The van der Waals surface area contributed by atoms with Gasteiger partial charge < -0.3 is 19.3 Å². The van der Waals surface area contributed by atoms with E-state index in [1.807, 2.05) is 0 Å². The Hall–Kier alpha value is -0.950. The summed E-state index contributed by atoms with van der Waals surface area (Å²) >= 11 is 0. The molecule has 220 valence electrons. The number of unbranched alkanes of at least 4 members (excludes halogenated alkanes) is 19. The molecule has 0 aromatic heterocycles. The van der Waals surface area contributed by atoms with E-state index in [2.05, 4.69) is 11.4 Å². The number of esters is 2. The number of carbonyl (C=O) groups is 2. The number of phosphoric acid groups is 1. The first-order chi connectivity index (χ1) is 17.7. The highest BCUT2D eigenvalue weighted by Crippen LogP contribution is 2.35. The van der Waals surface area contributed by atoms with Crippen molar-refractivity contribution in [3.63, 3.8) is 0 Å². The molecular weight excluding hydrogens is 495 g/mol. The van der Waals surface area contributed by atoms with Crippen LogP contribution in [0.3, 0.4) is 0 Å². The highest BCUT2D eigenvalue weighted by molar-refractivity contribution is 7.46. The Labute approximate surface area is 225 Å². The molecule has 0 saturated carbocycles. The first kappa shape index (κ1) is 36.0. The van der Waals surface area contributed by atoms with Crippen molar-refractivity contribution in [2.24, 2.45) is 0 Å². The zero-order valence-corrected chi connectivity index (χ0v) is 24.5. The SMILES string of the molecule is CCCCCCCCCCCCCCCCCCCCCCC(=O)OC[C@H](COP(=O)(O)O)OC(C)=O. The number of ether oxygens (including phenoxy) is 2. The van der Waals surface area contributed by atoms with Gasteiger partial charge in [0.15, 0.2) is 6.10 Å². The first-order valence-electron chi connectivity index (χ1n) is 14.8. The maximum Gasteiger partial charge on any atom is 0.469 e. The summed E-state index contributed by atoms with van der Waals surface area (Å²) in [5.74, 6) is -1.07. The zero-order valence-electron chi connectivity index (χ0n) is 23.6. The average Bonchev–Trinajstić information content (AvgIpc) is 2.83. The molecule has 0 fully saturated rings. The van der Waals surface area contributed by atoms with Gasteiger partial charge in [-0.2, -0.15) is 0 Å². The quantitative estimate of drug-likeness (QED) is 0.0604. The van der Waals surface area contributed by atoms with Gasteiger partial charge in [-0.05, 0) is 6.42 Å². The van der Waals surface area contributed by atoms with Crippen LogP contribution in [-0.2, 0) is 28.2 Å². The van der Waals surface area contributed by atoms with E-state index in [4.69, 9.17) is 19.3 Å². The minimum Gasteiger partial charge on any atom is -0.462 e. The summed E-state index contributed by atoms with van der Waals surface area (Å²) in [7, 11) is -4.69. The minimum atomic E-state index is -4.69. The Kier molecular flexibility index (Phi) is 24.7. The molecule has 0 aliphatic rings. The van der Waals surface area contributed by atoms with Crippen LogP contribution in [0, 0.1) is 0 Å². The molecule has 0 aliphatic carbocycles. The third-order valence-electron chi connectivity index (χ3n) is 6.43. The molecule has 9 heteroatoms. The molecule has 2 N–H and O–H groups in total. The van der Waals surface area contributed by atoms with E-state index in [-0.39, 0.29) is 13.0 Å². The largest absolute Gasteiger partial charge is 0.469 e. The van der Waals surface area contributed by atoms with Crippen LogP contribution >= 0.6 is 7.82 Å². The fraction of sp³-hybridized carbons (Fsp3) is 0.929. The maximum atomic E-state index is 11.9. The molecule has 0 aromatic carbocycles. The molecule has 0 radical (unpaired) electrons. The van der Waals surface area contributed by atoms with Crippen LogP contribution in [0.25, 0.3) is 0 Å². The summed E-state index contributed by atoms with van der Waals surface area (Å²) in [5.41, 5.74) is 0. The summed E-state index contributed by atoms with van der Waals surface area (Å²) in [4.78, 5) is 40.4. The lowest BCUT2D eigenvalue weighted by atomic mass is 10.0. The number of hydrogen-bond donors (Lipinski definition) is 2. The second kappa shape index (κ2) is 25.3. The Bertz CT molecular complexity index is 593. The number of rotatable bonds is 27. The van der Waals surface area contributed by atoms with Gasteiger partial charge in [0, 0.05) is 13.3 Å². The van der Waals surface area contributed by atoms with Gasteiger partial charge in [-0.15, -0.1) is 0 Å². The van der Waals surface area contributed by atoms with E-state index in [1.54, 1.807) is 0 Å². The standard InChI is InChI=1S/C28H55O8P/c1-3-4-5-6-7-8-9-10-11-12-13-14-15-16-17-18-19-20-21-22-23-28(30)34-24-27(36-26(2)29)25-35-37(31,32)33/h27H,3-25H2,1-2H3,(H2,31,32,33)/t27-/m1/s1. The Morgan fingerprint density at radius 2 is 1.03 bits per heavy atom. The van der Waals surface area contributed by atoms with Crippen molar-refractivity contribution in [3.8, 4) is 0 Å². The van der Waals surface area contributed by atoms with Gasteiger partial charge in [0.2, 0.25) is 0 Å². The molecule has 0 rings (SSSR count). The number of hydrogen-bond acceptors (Lipinski definition) is 6. The lowest BCUT2D eigenvalue weighted by Crippen LogP contribution is -2.28. The summed E-state index contributed by atoms with van der Waals surface area (Å²) in [6.45, 7) is 2.59. The monoisotopic (exact) mass is 550 g/mol. The summed E-state index contributed by atoms with van der Waals surface area (Å²) in [6, 6.07) is 0. The third-order valence-corrected chi connectivity index (χ3v) is 6.91. The van der Waals surface area contributed by atoms with Crippen LogP contribution in [0.2, 0.25) is 0 Å². The van der Waals surface area contributed by atoms with Crippen molar-refractivity contribution in [1.29, 1.82) is 0 Å². The number of carbonyl (C=O) groups excluding carboxylic acids is 2. The number of phosphoric ester groups is 1. The maximum absolute atomic E-state index is 11.9. The normalized spacial score (nSPS) is 12.4. The highest BCUT2D eigenvalue weighted by Gasteiger charge is 2.21. The van der Waals surface area contributed by atoms with Crippen molar-refractivity contribution in [1.82, 2.24) is 0 Å². The van der Waals surface area contributed by atoms with Crippen LogP contribution < -0.4 is 0 Å². The topological polar surface area (TPSA) is 119 Å². The van der Waals surface area contributed by atoms with Gasteiger partial charge in [0.1, 0.15) is 6.61 Å². The lowest BCUT2D eigenvalue weighted by Gasteiger charge is -2.17. The predicted octanol–water partition coefficient (Wildman–Crippen LogP) is 7.78.